The van der Waals surface area contributed by atoms with Crippen LogP contribution in [-0.4, -0.2) is 34.7 Å². The monoisotopic (exact) mass is 510 g/mol. The van der Waals surface area contributed by atoms with Crippen LogP contribution in [0.4, 0.5) is 23.2 Å². The molecule has 1 aliphatic rings. The summed E-state index contributed by atoms with van der Waals surface area (Å²) in [5.74, 6) is -1.96. The number of fused-ring (bicyclic) bond motifs is 1. The van der Waals surface area contributed by atoms with Crippen molar-refractivity contribution in [2.75, 3.05) is 11.9 Å². The molecule has 7 nitrogen and oxygen atoms in total. The molecular formula is C23H22F4N4O3S. The van der Waals surface area contributed by atoms with Crippen molar-refractivity contribution in [2.24, 2.45) is 7.05 Å². The molecule has 2 aromatic carbocycles. The number of sulfonamides is 1. The molecule has 12 heteroatoms. The van der Waals surface area contributed by atoms with E-state index < -0.39 is 33.5 Å². The van der Waals surface area contributed by atoms with Crippen molar-refractivity contribution in [3.63, 3.8) is 0 Å². The predicted octanol–water partition coefficient (Wildman–Crippen LogP) is 3.81. The minimum atomic E-state index is -4.82. The Kier molecular flexibility index (Phi) is 6.45. The number of benzene rings is 2. The van der Waals surface area contributed by atoms with E-state index in [9.17, 15) is 30.8 Å². The van der Waals surface area contributed by atoms with Crippen LogP contribution >= 0.6 is 0 Å². The highest BCUT2D eigenvalue weighted by atomic mass is 32.2. The quantitative estimate of drug-likeness (QED) is 0.529. The van der Waals surface area contributed by atoms with E-state index in [2.05, 4.69) is 10.3 Å². The first kappa shape index (κ1) is 24.9. The van der Waals surface area contributed by atoms with Crippen molar-refractivity contribution in [2.45, 2.75) is 37.5 Å². The number of rotatable bonds is 5. The van der Waals surface area contributed by atoms with Gasteiger partial charge in [-0.2, -0.15) is 17.5 Å². The SMILES string of the molecule is Cc1ccc2c(c1NC(=O)Cc1ccc(C(F)(F)F)c(F)c1)CCN(S(=O)(=O)c1cn(C)cn1)C2. The van der Waals surface area contributed by atoms with E-state index in [0.717, 1.165) is 22.8 Å². The van der Waals surface area contributed by atoms with Gasteiger partial charge in [-0.15, -0.1) is 0 Å². The fraction of sp³-hybridized carbons (Fsp3) is 0.304. The van der Waals surface area contributed by atoms with E-state index in [1.807, 2.05) is 0 Å². The van der Waals surface area contributed by atoms with Crippen molar-refractivity contribution >= 4 is 21.6 Å². The summed E-state index contributed by atoms with van der Waals surface area (Å²) >= 11 is 0. The van der Waals surface area contributed by atoms with Crippen LogP contribution in [-0.2, 0) is 47.4 Å². The highest BCUT2D eigenvalue weighted by Gasteiger charge is 2.34. The molecule has 186 valence electrons. The van der Waals surface area contributed by atoms with E-state index in [1.165, 1.54) is 16.8 Å². The van der Waals surface area contributed by atoms with Crippen LogP contribution in [0.2, 0.25) is 0 Å². The second-order valence-corrected chi connectivity index (χ2v) is 10.3. The molecule has 0 atom stereocenters. The van der Waals surface area contributed by atoms with E-state index in [4.69, 9.17) is 0 Å². The van der Waals surface area contributed by atoms with Gasteiger partial charge in [-0.3, -0.25) is 4.79 Å². The summed E-state index contributed by atoms with van der Waals surface area (Å²) in [5.41, 5.74) is 1.48. The number of anilines is 1. The molecule has 1 aromatic heterocycles. The highest BCUT2D eigenvalue weighted by molar-refractivity contribution is 7.89. The third kappa shape index (κ3) is 5.08. The number of halogens is 4. The average Bonchev–Trinajstić information content (AvgIpc) is 3.21. The van der Waals surface area contributed by atoms with Crippen LogP contribution in [0.15, 0.2) is 47.9 Å². The van der Waals surface area contributed by atoms with Crippen LogP contribution in [0.25, 0.3) is 0 Å². The largest absolute Gasteiger partial charge is 0.419 e. The summed E-state index contributed by atoms with van der Waals surface area (Å²) in [6, 6.07) is 5.94. The molecule has 1 N–H and O–H groups in total. The lowest BCUT2D eigenvalue weighted by molar-refractivity contribution is -0.140. The number of carbonyl (C=O) groups excluding carboxylic acids is 1. The van der Waals surface area contributed by atoms with Gasteiger partial charge in [0.05, 0.1) is 18.3 Å². The summed E-state index contributed by atoms with van der Waals surface area (Å²) in [4.78, 5) is 16.6. The number of aromatic nitrogens is 2. The van der Waals surface area contributed by atoms with Crippen LogP contribution in [0.5, 0.6) is 0 Å². The topological polar surface area (TPSA) is 84.3 Å². The molecule has 0 fully saturated rings. The predicted molar refractivity (Wildman–Crippen MR) is 119 cm³/mol. The molecule has 1 amide bonds. The van der Waals surface area contributed by atoms with Gasteiger partial charge in [0.15, 0.2) is 5.03 Å². The maximum absolute atomic E-state index is 13.9. The molecule has 0 saturated carbocycles. The fourth-order valence-electron chi connectivity index (χ4n) is 4.05. The Hall–Kier alpha value is -3.25. The lowest BCUT2D eigenvalue weighted by Gasteiger charge is -2.29. The van der Waals surface area contributed by atoms with E-state index >= 15 is 0 Å². The molecule has 0 aliphatic carbocycles. The van der Waals surface area contributed by atoms with Gasteiger partial charge in [-0.1, -0.05) is 18.2 Å². The van der Waals surface area contributed by atoms with Crippen molar-refractivity contribution in [3.8, 4) is 0 Å². The zero-order valence-electron chi connectivity index (χ0n) is 18.9. The molecule has 4 rings (SSSR count). The number of amides is 1. The number of nitrogens with one attached hydrogen (secondary N) is 1. The maximum Gasteiger partial charge on any atom is 0.419 e. The summed E-state index contributed by atoms with van der Waals surface area (Å²) in [6.45, 7) is 2.06. The Morgan fingerprint density at radius 3 is 2.57 bits per heavy atom. The average molecular weight is 511 g/mol. The summed E-state index contributed by atoms with van der Waals surface area (Å²) in [5, 5.41) is 2.72. The standard InChI is InChI=1S/C23H22F4N4O3S/c1-14-3-5-16-11-31(35(33,34)21-12-30(2)13-28-21)8-7-17(16)22(14)29-20(32)10-15-4-6-18(19(24)9-15)23(25,26)27/h3-6,9,12-13H,7-8,10-11H2,1-2H3,(H,29,32). The van der Waals surface area contributed by atoms with Crippen molar-refractivity contribution in [1.29, 1.82) is 0 Å². The molecule has 3 aromatic rings. The molecular weight excluding hydrogens is 488 g/mol. The second kappa shape index (κ2) is 9.08. The number of aryl methyl sites for hydroxylation is 2. The third-order valence-electron chi connectivity index (χ3n) is 5.83. The van der Waals surface area contributed by atoms with Crippen LogP contribution < -0.4 is 5.32 Å². The molecule has 2 heterocycles. The number of hydrogen-bond acceptors (Lipinski definition) is 4. The number of nitrogens with zero attached hydrogens (tertiary/aromatic N) is 3. The number of imidazole rings is 1. The number of carbonyl (C=O) groups is 1. The van der Waals surface area contributed by atoms with Crippen molar-refractivity contribution in [1.82, 2.24) is 13.9 Å². The van der Waals surface area contributed by atoms with Gasteiger partial charge >= 0.3 is 6.18 Å². The first-order chi connectivity index (χ1) is 16.4. The van der Waals surface area contributed by atoms with Crippen LogP contribution in [0, 0.1) is 12.7 Å². The Morgan fingerprint density at radius 1 is 1.20 bits per heavy atom. The van der Waals surface area contributed by atoms with E-state index in [0.29, 0.717) is 24.2 Å². The molecule has 35 heavy (non-hydrogen) atoms. The lowest BCUT2D eigenvalue weighted by Crippen LogP contribution is -2.36. The van der Waals surface area contributed by atoms with E-state index in [1.54, 1.807) is 30.7 Å². The Balaban J connectivity index is 1.52. The van der Waals surface area contributed by atoms with Gasteiger partial charge in [0, 0.05) is 32.0 Å². The maximum atomic E-state index is 13.9. The van der Waals surface area contributed by atoms with Crippen molar-refractivity contribution in [3.05, 3.63) is 76.5 Å². The Bertz CT molecular complexity index is 1400. The van der Waals surface area contributed by atoms with Crippen molar-refractivity contribution < 1.29 is 30.8 Å². The van der Waals surface area contributed by atoms with Gasteiger partial charge in [0.25, 0.3) is 10.0 Å². The fourth-order valence-corrected chi connectivity index (χ4v) is 5.43. The molecule has 0 saturated heterocycles. The van der Waals surface area contributed by atoms with E-state index in [-0.39, 0.29) is 30.1 Å². The minimum Gasteiger partial charge on any atom is -0.339 e. The first-order valence-corrected chi connectivity index (χ1v) is 12.0. The molecule has 0 spiro atoms. The zero-order valence-corrected chi connectivity index (χ0v) is 19.7. The number of hydrogen-bond donors (Lipinski definition) is 1. The highest BCUT2D eigenvalue weighted by Crippen LogP contribution is 2.33. The lowest BCUT2D eigenvalue weighted by atomic mass is 9.95. The van der Waals surface area contributed by atoms with Gasteiger partial charge in [-0.25, -0.2) is 17.8 Å². The smallest absolute Gasteiger partial charge is 0.339 e. The van der Waals surface area contributed by atoms with Crippen LogP contribution in [0.3, 0.4) is 0 Å². The van der Waals surface area contributed by atoms with Gasteiger partial charge in [0.2, 0.25) is 5.91 Å². The van der Waals surface area contributed by atoms with Gasteiger partial charge in [-0.05, 0) is 47.7 Å². The molecule has 0 unspecified atom stereocenters. The van der Waals surface area contributed by atoms with Gasteiger partial charge in [0.1, 0.15) is 5.82 Å². The number of alkyl halides is 3. The summed E-state index contributed by atoms with van der Waals surface area (Å²) in [6.07, 6.45) is -1.96. The molecule has 0 bridgehead atoms. The molecule has 0 radical (unpaired) electrons. The molecule has 1 aliphatic heterocycles. The van der Waals surface area contributed by atoms with Gasteiger partial charge < -0.3 is 9.88 Å². The normalized spacial score (nSPS) is 14.6. The summed E-state index contributed by atoms with van der Waals surface area (Å²) < 4.78 is 80.9. The van der Waals surface area contributed by atoms with Crippen LogP contribution in [0.1, 0.15) is 27.8 Å². The first-order valence-electron chi connectivity index (χ1n) is 10.6. The minimum absolute atomic E-state index is 0.0483. The Labute approximate surface area is 199 Å². The Morgan fingerprint density at radius 2 is 1.94 bits per heavy atom. The second-order valence-electron chi connectivity index (χ2n) is 8.40. The summed E-state index contributed by atoms with van der Waals surface area (Å²) in [7, 11) is -2.12. The third-order valence-corrected chi connectivity index (χ3v) is 7.56. The zero-order chi connectivity index (χ0) is 25.5.